The fourth-order valence-electron chi connectivity index (χ4n) is 6.77. The fraction of sp³-hybridized carbons (Fsp3) is 0.633. The molecule has 2 unspecified atom stereocenters. The molecule has 0 fully saturated rings. The largest absolute Gasteiger partial charge is 0.756 e. The SMILES string of the molecule is CC/C=C\C/C=C\C/C=C\C/C=C\C/C=C\C/C=C\C/C=C\C/C=C\C/C=C\CCCC(=O)OC(COC(=O)CCCCCCCCC/C=C\CCCCCCCC)COP(=O)([O-])OCC[N+](C)(C)C. The number of phosphoric ester groups is 1. The number of ether oxygens (including phenoxy) is 2. The van der Waals surface area contributed by atoms with Crippen molar-refractivity contribution in [3.8, 4) is 0 Å². The third-order valence-corrected chi connectivity index (χ3v) is 11.9. The Morgan fingerprint density at radius 1 is 0.457 bits per heavy atom. The first-order chi connectivity index (χ1) is 34.0. The van der Waals surface area contributed by atoms with Gasteiger partial charge in [-0.3, -0.25) is 14.2 Å². The van der Waals surface area contributed by atoms with Crippen LogP contribution in [0.1, 0.15) is 194 Å². The lowest BCUT2D eigenvalue weighted by Gasteiger charge is -2.28. The summed E-state index contributed by atoms with van der Waals surface area (Å²) in [4.78, 5) is 37.8. The molecule has 2 atom stereocenters. The zero-order valence-electron chi connectivity index (χ0n) is 44.9. The first-order valence-electron chi connectivity index (χ1n) is 27.2. The summed E-state index contributed by atoms with van der Waals surface area (Å²) < 4.78 is 34.0. The molecule has 70 heavy (non-hydrogen) atoms. The van der Waals surface area contributed by atoms with Crippen molar-refractivity contribution in [3.05, 3.63) is 122 Å². The Hall–Kier alpha value is -3.59. The Labute approximate surface area is 428 Å². The molecule has 0 spiro atoms. The van der Waals surface area contributed by atoms with Crippen LogP contribution < -0.4 is 4.89 Å². The molecule has 0 rings (SSSR count). The predicted molar refractivity (Wildman–Crippen MR) is 295 cm³/mol. The van der Waals surface area contributed by atoms with Gasteiger partial charge < -0.3 is 27.9 Å². The van der Waals surface area contributed by atoms with Crippen LogP contribution in [-0.4, -0.2) is 70.0 Å². The fourth-order valence-corrected chi connectivity index (χ4v) is 7.50. The van der Waals surface area contributed by atoms with Crippen LogP contribution in [0.2, 0.25) is 0 Å². The molecular weight excluding hydrogens is 894 g/mol. The van der Waals surface area contributed by atoms with E-state index in [0.29, 0.717) is 30.3 Å². The third kappa shape index (κ3) is 53.8. The number of allylic oxidation sites excluding steroid dienone is 20. The summed E-state index contributed by atoms with van der Waals surface area (Å²) >= 11 is 0. The van der Waals surface area contributed by atoms with Crippen molar-refractivity contribution < 1.29 is 42.1 Å². The lowest BCUT2D eigenvalue weighted by Crippen LogP contribution is -2.37. The number of phosphoric acid groups is 1. The maximum atomic E-state index is 12.7. The van der Waals surface area contributed by atoms with Gasteiger partial charge in [0, 0.05) is 12.8 Å². The molecule has 398 valence electrons. The van der Waals surface area contributed by atoms with E-state index in [-0.39, 0.29) is 26.1 Å². The molecular formula is C60H100NO8P. The van der Waals surface area contributed by atoms with Gasteiger partial charge in [0.2, 0.25) is 0 Å². The van der Waals surface area contributed by atoms with Crippen LogP contribution >= 0.6 is 7.82 Å². The van der Waals surface area contributed by atoms with Crippen LogP contribution in [0.5, 0.6) is 0 Å². The van der Waals surface area contributed by atoms with E-state index in [1.807, 2.05) is 27.2 Å². The van der Waals surface area contributed by atoms with Gasteiger partial charge >= 0.3 is 11.9 Å². The molecule has 0 aromatic rings. The lowest BCUT2D eigenvalue weighted by atomic mass is 10.1. The van der Waals surface area contributed by atoms with E-state index in [1.54, 1.807) is 0 Å². The zero-order valence-corrected chi connectivity index (χ0v) is 45.8. The van der Waals surface area contributed by atoms with Gasteiger partial charge in [-0.1, -0.05) is 200 Å². The smallest absolute Gasteiger partial charge is 0.306 e. The number of esters is 2. The molecule has 0 aromatic carbocycles. The van der Waals surface area contributed by atoms with Crippen LogP contribution in [0, 0.1) is 0 Å². The quantitative estimate of drug-likeness (QED) is 0.0195. The monoisotopic (exact) mass is 994 g/mol. The van der Waals surface area contributed by atoms with Crippen molar-refractivity contribution in [2.24, 2.45) is 0 Å². The van der Waals surface area contributed by atoms with Crippen molar-refractivity contribution in [1.29, 1.82) is 0 Å². The van der Waals surface area contributed by atoms with E-state index >= 15 is 0 Å². The van der Waals surface area contributed by atoms with Gasteiger partial charge in [-0.2, -0.15) is 0 Å². The molecule has 0 aliphatic heterocycles. The van der Waals surface area contributed by atoms with Crippen LogP contribution in [-0.2, 0) is 32.7 Å². The summed E-state index contributed by atoms with van der Waals surface area (Å²) in [6.45, 7) is 4.03. The van der Waals surface area contributed by atoms with Crippen molar-refractivity contribution in [2.45, 2.75) is 200 Å². The van der Waals surface area contributed by atoms with Gasteiger partial charge in [0.15, 0.2) is 6.10 Å². The minimum atomic E-state index is -4.66. The van der Waals surface area contributed by atoms with Crippen molar-refractivity contribution in [1.82, 2.24) is 0 Å². The van der Waals surface area contributed by atoms with Crippen molar-refractivity contribution in [2.75, 3.05) is 47.5 Å². The number of likely N-dealkylation sites (N-methyl/N-ethyl adjacent to an activating group) is 1. The maximum absolute atomic E-state index is 12.7. The number of carbonyl (C=O) groups excluding carboxylic acids is 2. The summed E-state index contributed by atoms with van der Waals surface area (Å²) in [7, 11) is 1.11. The minimum absolute atomic E-state index is 0.0491. The molecule has 0 aliphatic carbocycles. The van der Waals surface area contributed by atoms with Crippen LogP contribution in [0.25, 0.3) is 0 Å². The first kappa shape index (κ1) is 66.4. The Bertz CT molecular complexity index is 1590. The Morgan fingerprint density at radius 3 is 1.27 bits per heavy atom. The maximum Gasteiger partial charge on any atom is 0.306 e. The molecule has 0 amide bonds. The molecule has 10 heteroatoms. The molecule has 0 radical (unpaired) electrons. The Morgan fingerprint density at radius 2 is 0.829 bits per heavy atom. The number of rotatable bonds is 48. The highest BCUT2D eigenvalue weighted by atomic mass is 31.2. The molecule has 0 heterocycles. The van der Waals surface area contributed by atoms with Gasteiger partial charge in [0.25, 0.3) is 7.82 Å². The van der Waals surface area contributed by atoms with Gasteiger partial charge in [-0.15, -0.1) is 0 Å². The molecule has 0 aliphatic rings. The van der Waals surface area contributed by atoms with E-state index in [0.717, 1.165) is 83.5 Å². The van der Waals surface area contributed by atoms with Crippen LogP contribution in [0.3, 0.4) is 0 Å². The standard InChI is InChI=1S/C60H100NO8P/c1-6-8-10-12-14-16-18-20-22-24-25-26-27-28-29-30-31-32-33-34-35-37-39-41-43-45-47-49-51-53-60(63)69-58(57-68-70(64,65)67-55-54-61(3,4)5)56-66-59(62)52-50-48-46-44-42-40-38-36-23-21-19-17-15-13-11-9-7-2/h8,10,14,16,20-23,25-26,28-29,31-32,34-35,39,41,45,47,58H,6-7,9,11-13,15,17-19,24,27,30,33,36-38,40,42-44,46,48-57H2,1-5H3/b10-8-,16-14-,22-20-,23-21-,26-25-,29-28-,32-31-,35-34-,41-39-,47-45-. The van der Waals surface area contributed by atoms with Gasteiger partial charge in [-0.25, -0.2) is 0 Å². The first-order valence-corrected chi connectivity index (χ1v) is 28.7. The zero-order chi connectivity index (χ0) is 51.3. The Balaban J connectivity index is 4.37. The second-order valence-electron chi connectivity index (χ2n) is 18.9. The predicted octanol–water partition coefficient (Wildman–Crippen LogP) is 16.2. The van der Waals surface area contributed by atoms with Crippen molar-refractivity contribution in [3.63, 3.8) is 0 Å². The second kappa shape index (κ2) is 50.4. The number of hydrogen-bond donors (Lipinski definition) is 0. The van der Waals surface area contributed by atoms with Gasteiger partial charge in [0.1, 0.15) is 19.8 Å². The summed E-state index contributed by atoms with van der Waals surface area (Å²) in [5, 5.41) is 0. The summed E-state index contributed by atoms with van der Waals surface area (Å²) in [5.41, 5.74) is 0. The summed E-state index contributed by atoms with van der Waals surface area (Å²) in [6.07, 6.45) is 71.0. The topological polar surface area (TPSA) is 111 Å². The summed E-state index contributed by atoms with van der Waals surface area (Å²) in [6, 6.07) is 0. The average Bonchev–Trinajstić information content (AvgIpc) is 3.32. The van der Waals surface area contributed by atoms with Gasteiger partial charge in [-0.05, 0) is 103 Å². The average molecular weight is 994 g/mol. The number of carbonyl (C=O) groups is 2. The van der Waals surface area contributed by atoms with E-state index in [4.69, 9.17) is 18.5 Å². The third-order valence-electron chi connectivity index (χ3n) is 11.0. The highest BCUT2D eigenvalue weighted by Crippen LogP contribution is 2.38. The number of quaternary nitrogens is 1. The van der Waals surface area contributed by atoms with Crippen LogP contribution in [0.4, 0.5) is 0 Å². The van der Waals surface area contributed by atoms with Crippen LogP contribution in [0.15, 0.2) is 122 Å². The highest BCUT2D eigenvalue weighted by Gasteiger charge is 2.21. The molecule has 0 saturated carbocycles. The molecule has 0 aromatic heterocycles. The highest BCUT2D eigenvalue weighted by molar-refractivity contribution is 7.45. The second-order valence-corrected chi connectivity index (χ2v) is 20.3. The van der Waals surface area contributed by atoms with Gasteiger partial charge in [0.05, 0.1) is 27.7 Å². The lowest BCUT2D eigenvalue weighted by molar-refractivity contribution is -0.870. The van der Waals surface area contributed by atoms with E-state index < -0.39 is 32.5 Å². The molecule has 0 saturated heterocycles. The normalized spacial score (nSPS) is 14.3. The number of unbranched alkanes of at least 4 members (excludes halogenated alkanes) is 14. The van der Waals surface area contributed by atoms with E-state index in [1.165, 1.54) is 64.2 Å². The molecule has 0 bridgehead atoms. The molecule has 9 nitrogen and oxygen atoms in total. The number of nitrogens with zero attached hydrogens (tertiary/aromatic N) is 1. The summed E-state index contributed by atoms with van der Waals surface area (Å²) in [5.74, 6) is -0.918. The minimum Gasteiger partial charge on any atom is -0.756 e. The number of hydrogen-bond acceptors (Lipinski definition) is 8. The molecule has 0 N–H and O–H groups in total. The Kier molecular flexibility index (Phi) is 47.8. The van der Waals surface area contributed by atoms with E-state index in [2.05, 4.69) is 129 Å². The van der Waals surface area contributed by atoms with Crippen molar-refractivity contribution >= 4 is 19.8 Å². The van der Waals surface area contributed by atoms with E-state index in [9.17, 15) is 19.0 Å².